The van der Waals surface area contributed by atoms with E-state index >= 15 is 4.39 Å². The molecule has 3 heterocycles. The van der Waals surface area contributed by atoms with Gasteiger partial charge in [0.1, 0.15) is 22.9 Å². The minimum Gasteiger partial charge on any atom is -0.489 e. The number of hydrogen-bond acceptors (Lipinski definition) is 10. The number of ketones is 1. The molecule has 0 bridgehead atoms. The number of hydrazone groups is 1. The molecule has 0 spiro atoms. The van der Waals surface area contributed by atoms with Crippen molar-refractivity contribution in [2.75, 3.05) is 51.3 Å². The lowest BCUT2D eigenvalue weighted by atomic mass is 10.1. The van der Waals surface area contributed by atoms with Crippen LogP contribution in [0.2, 0.25) is 0 Å². The van der Waals surface area contributed by atoms with Gasteiger partial charge in [-0.3, -0.25) is 9.80 Å². The third kappa shape index (κ3) is 16.5. The van der Waals surface area contributed by atoms with E-state index in [1.165, 1.54) is 18.9 Å². The summed E-state index contributed by atoms with van der Waals surface area (Å²) in [5.74, 6) is 4.84. The highest BCUT2D eigenvalue weighted by atomic mass is 19.1. The first kappa shape index (κ1) is 46.2. The highest BCUT2D eigenvalue weighted by Crippen LogP contribution is 2.34. The molecule has 2 aliphatic rings. The molecule has 2 aliphatic heterocycles. The molecule has 0 saturated carbocycles. The van der Waals surface area contributed by atoms with Crippen LogP contribution in [0.3, 0.4) is 0 Å². The Balaban J connectivity index is 0.00000104. The molecule has 1 aromatic heterocycles. The number of anilines is 1. The number of pyridine rings is 1. The molecule has 300 valence electrons. The average Bonchev–Trinajstić information content (AvgIpc) is 3.32. The molecule has 2 aromatic rings. The van der Waals surface area contributed by atoms with Crippen molar-refractivity contribution in [3.8, 4) is 23.8 Å². The van der Waals surface area contributed by atoms with Gasteiger partial charge in [-0.2, -0.15) is 5.10 Å². The van der Waals surface area contributed by atoms with Crippen LogP contribution in [0.4, 0.5) is 15.9 Å². The number of unbranched alkanes of at least 4 members (excludes halogenated alkanes) is 3. The zero-order chi connectivity index (χ0) is 40.6. The highest BCUT2D eigenvalue weighted by molar-refractivity contribution is 5.99. The van der Waals surface area contributed by atoms with E-state index in [2.05, 4.69) is 40.1 Å². The van der Waals surface area contributed by atoms with Gasteiger partial charge in [0.25, 0.3) is 0 Å². The van der Waals surface area contributed by atoms with Crippen LogP contribution in [-0.2, 0) is 4.79 Å². The number of amidine groups is 1. The number of benzene rings is 1. The number of nitrogens with zero attached hydrogens (tertiary/aromatic N) is 5. The monoisotopic (exact) mass is 759 g/mol. The Bertz CT molecular complexity index is 1690. The predicted octanol–water partition coefficient (Wildman–Crippen LogP) is 7.49. The molecule has 1 aromatic carbocycles. The zero-order valence-electron chi connectivity index (χ0n) is 34.0. The van der Waals surface area contributed by atoms with Crippen LogP contribution in [-0.4, -0.2) is 74.2 Å². The van der Waals surface area contributed by atoms with Gasteiger partial charge >= 0.3 is 0 Å². The second kappa shape index (κ2) is 25.9. The Morgan fingerprint density at radius 1 is 1.20 bits per heavy atom. The largest absolute Gasteiger partial charge is 0.489 e. The number of allylic oxidation sites excluding steroid dienone is 2. The normalized spacial score (nSPS) is 15.2. The number of carbonyl (C=O) groups excluding carboxylic acids is 1. The van der Waals surface area contributed by atoms with Gasteiger partial charge in [0, 0.05) is 56.9 Å². The maximum absolute atomic E-state index is 15.3. The third-order valence-corrected chi connectivity index (χ3v) is 8.36. The summed E-state index contributed by atoms with van der Waals surface area (Å²) in [7, 11) is 1.85. The summed E-state index contributed by atoms with van der Waals surface area (Å²) < 4.78 is 27.4. The van der Waals surface area contributed by atoms with E-state index in [0.29, 0.717) is 66.4 Å². The second-order valence-corrected chi connectivity index (χ2v) is 13.4. The van der Waals surface area contributed by atoms with Crippen LogP contribution in [0, 0.1) is 37.9 Å². The van der Waals surface area contributed by atoms with Gasteiger partial charge < -0.3 is 31.2 Å². The van der Waals surface area contributed by atoms with Gasteiger partial charge in [-0.1, -0.05) is 39.7 Å². The number of aromatic nitrogens is 1. The molecule has 0 aliphatic carbocycles. The van der Waals surface area contributed by atoms with E-state index in [1.54, 1.807) is 35.6 Å². The van der Waals surface area contributed by atoms with Crippen molar-refractivity contribution in [2.45, 2.75) is 86.5 Å². The first-order valence-electron chi connectivity index (χ1n) is 19.3. The molecule has 12 heteroatoms. The fourth-order valence-corrected chi connectivity index (χ4v) is 5.42. The van der Waals surface area contributed by atoms with Gasteiger partial charge in [-0.25, -0.2) is 14.4 Å². The molecule has 11 nitrogen and oxygen atoms in total. The maximum Gasteiger partial charge on any atom is 0.172 e. The second-order valence-electron chi connectivity index (χ2n) is 13.4. The smallest absolute Gasteiger partial charge is 0.172 e. The molecule has 55 heavy (non-hydrogen) atoms. The van der Waals surface area contributed by atoms with E-state index in [9.17, 15) is 4.79 Å². The van der Waals surface area contributed by atoms with Crippen molar-refractivity contribution in [3.63, 3.8) is 0 Å². The molecule has 4 rings (SSSR count). The number of likely N-dealkylation sites (N-methyl/N-ethyl adjacent to an activating group) is 1. The molecule has 1 atom stereocenters. The maximum atomic E-state index is 15.3. The fraction of sp³-hybridized carbons (Fsp3) is 0.488. The number of hydrogen-bond donors (Lipinski definition) is 3. The summed E-state index contributed by atoms with van der Waals surface area (Å²) in [5.41, 5.74) is 13.7. The summed E-state index contributed by atoms with van der Waals surface area (Å²) in [4.78, 5) is 23.6. The number of halogens is 1. The number of ether oxygens (including phenoxy) is 2. The molecular weight excluding hydrogens is 696 g/mol. The highest BCUT2D eigenvalue weighted by Gasteiger charge is 2.24. The third-order valence-electron chi connectivity index (χ3n) is 8.36. The number of carbonyl (C=O) groups is 1. The summed E-state index contributed by atoms with van der Waals surface area (Å²) in [6.07, 6.45) is 21.9. The van der Waals surface area contributed by atoms with E-state index in [0.717, 1.165) is 50.9 Å². The Kier molecular flexibility index (Phi) is 21.8. The predicted molar refractivity (Wildman–Crippen MR) is 226 cm³/mol. The first-order valence-corrected chi connectivity index (χ1v) is 19.3. The van der Waals surface area contributed by atoms with Crippen molar-refractivity contribution in [1.29, 1.82) is 0 Å². The van der Waals surface area contributed by atoms with Gasteiger partial charge in [-0.05, 0) is 95.1 Å². The van der Waals surface area contributed by atoms with Crippen LogP contribution >= 0.6 is 0 Å². The fourth-order valence-electron chi connectivity index (χ4n) is 5.42. The van der Waals surface area contributed by atoms with Gasteiger partial charge in [0.2, 0.25) is 0 Å². The Morgan fingerprint density at radius 3 is 2.58 bits per heavy atom. The van der Waals surface area contributed by atoms with Crippen molar-refractivity contribution < 1.29 is 18.7 Å². The van der Waals surface area contributed by atoms with Crippen LogP contribution in [0.5, 0.6) is 11.5 Å². The number of aryl methyl sites for hydroxylation is 2. The number of fused-ring (bicyclic) bond motifs is 1. The Labute approximate surface area is 328 Å². The van der Waals surface area contributed by atoms with E-state index < -0.39 is 5.82 Å². The van der Waals surface area contributed by atoms with Gasteiger partial charge in [0.05, 0.1) is 13.2 Å². The SMILES string of the molecule is C#CCC.C/C=N\N1C=CC(Oc2cc(F)c(N=C(N)c3nc4c(cc3C)OCC(C)CN4CCCCCC(=O)/C=C/CNC)cc2C)=CC1.CCCCN. The lowest BCUT2D eigenvalue weighted by molar-refractivity contribution is -0.114. The topological polar surface area (TPSA) is 144 Å². The van der Waals surface area contributed by atoms with Crippen LogP contribution in [0.25, 0.3) is 0 Å². The summed E-state index contributed by atoms with van der Waals surface area (Å²) >= 11 is 0. The van der Waals surface area contributed by atoms with Crippen molar-refractivity contribution in [1.82, 2.24) is 15.3 Å². The number of rotatable bonds is 16. The van der Waals surface area contributed by atoms with Gasteiger partial charge in [-0.15, -0.1) is 12.3 Å². The lowest BCUT2D eigenvalue weighted by Gasteiger charge is -2.25. The van der Waals surface area contributed by atoms with Crippen LogP contribution in [0.1, 0.15) is 89.5 Å². The van der Waals surface area contributed by atoms with Gasteiger partial charge in [0.15, 0.2) is 29.0 Å². The number of aliphatic imine (C=N–C) groups is 1. The summed E-state index contributed by atoms with van der Waals surface area (Å²) in [6, 6.07) is 4.88. The summed E-state index contributed by atoms with van der Waals surface area (Å²) in [5, 5.41) is 8.97. The number of terminal acetylenes is 1. The molecule has 1 unspecified atom stereocenters. The Morgan fingerprint density at radius 2 is 1.96 bits per heavy atom. The standard InChI is InChI=1S/C35H46FN7O3.C4H11N.C4H6/c1-6-39-43-17-13-28(14-18-43)46-31-21-29(36)30(19-25(31)3)40-34(37)33-26(4)20-32-35(41-33)42(22-24(2)23-45-32)16-9-7-8-11-27(44)12-10-15-38-5;1-2-3-4-5;1-3-4-2/h6,10,12-14,17,19-21,24,38H,7-9,11,15-16,18,22-23H2,1-5H3,(H2,37,40);2-5H2,1H3;1H,4H2,2H3/b12-10+,39-6-;;. The molecule has 0 saturated heterocycles. The molecule has 0 radical (unpaired) electrons. The van der Waals surface area contributed by atoms with E-state index in [1.807, 2.05) is 53.0 Å². The number of nitrogens with one attached hydrogen (secondary N) is 1. The molecule has 5 N–H and O–H groups in total. The number of nitrogens with two attached hydrogens (primary N) is 2. The van der Waals surface area contributed by atoms with Crippen molar-refractivity contribution in [2.24, 2.45) is 27.5 Å². The quantitative estimate of drug-likeness (QED) is 0.0522. The molecule has 0 amide bonds. The van der Waals surface area contributed by atoms with Crippen LogP contribution < -0.4 is 31.2 Å². The van der Waals surface area contributed by atoms with Crippen molar-refractivity contribution >= 4 is 29.3 Å². The minimum atomic E-state index is -0.552. The lowest BCUT2D eigenvalue weighted by Crippen LogP contribution is -2.30. The molecule has 0 fully saturated rings. The average molecular weight is 759 g/mol. The molecular formula is C43H63FN8O3. The zero-order valence-corrected chi connectivity index (χ0v) is 34.0. The van der Waals surface area contributed by atoms with E-state index in [4.69, 9.17) is 32.3 Å². The van der Waals surface area contributed by atoms with Crippen molar-refractivity contribution in [3.05, 3.63) is 77.1 Å². The minimum absolute atomic E-state index is 0.104. The Hall–Kier alpha value is -4.99. The summed E-state index contributed by atoms with van der Waals surface area (Å²) in [6.45, 7) is 16.0. The van der Waals surface area contributed by atoms with Crippen LogP contribution in [0.15, 0.2) is 64.6 Å². The van der Waals surface area contributed by atoms with E-state index in [-0.39, 0.29) is 17.3 Å². The first-order chi connectivity index (χ1) is 26.5.